The van der Waals surface area contributed by atoms with Gasteiger partial charge in [-0.25, -0.2) is 0 Å². The number of fused-ring (bicyclic) bond motifs is 1. The van der Waals surface area contributed by atoms with Gasteiger partial charge in [-0.15, -0.1) is 0 Å². The minimum atomic E-state index is -0.506. The highest BCUT2D eigenvalue weighted by atomic mass is 35.5. The minimum absolute atomic E-state index is 0.112. The van der Waals surface area contributed by atoms with Gasteiger partial charge in [-0.1, -0.05) is 29.3 Å². The van der Waals surface area contributed by atoms with Crippen molar-refractivity contribution in [2.45, 2.75) is 37.5 Å². The van der Waals surface area contributed by atoms with Crippen molar-refractivity contribution >= 4 is 23.2 Å². The van der Waals surface area contributed by atoms with Crippen molar-refractivity contribution in [2.75, 3.05) is 19.7 Å². The number of ether oxygens (including phenoxy) is 1. The molecule has 110 valence electrons. The zero-order valence-corrected chi connectivity index (χ0v) is 12.8. The minimum Gasteiger partial charge on any atom is -0.390 e. The molecule has 0 radical (unpaired) electrons. The zero-order chi connectivity index (χ0) is 14.1. The monoisotopic (exact) mass is 315 g/mol. The molecule has 0 spiro atoms. The number of aliphatic hydroxyl groups is 1. The molecule has 0 amide bonds. The second kappa shape index (κ2) is 6.20. The quantitative estimate of drug-likeness (QED) is 0.931. The Morgan fingerprint density at radius 3 is 3.00 bits per heavy atom. The van der Waals surface area contributed by atoms with Crippen molar-refractivity contribution in [1.29, 1.82) is 0 Å². The first-order chi connectivity index (χ1) is 9.63. The number of hydrogen-bond donors (Lipinski definition) is 1. The lowest BCUT2D eigenvalue weighted by Gasteiger charge is -2.37. The summed E-state index contributed by atoms with van der Waals surface area (Å²) < 4.78 is 5.83. The normalized spacial score (nSPS) is 28.4. The van der Waals surface area contributed by atoms with E-state index in [9.17, 15) is 5.11 Å². The van der Waals surface area contributed by atoms with Gasteiger partial charge in [0.05, 0.1) is 28.9 Å². The van der Waals surface area contributed by atoms with Gasteiger partial charge in [-0.05, 0) is 37.1 Å². The lowest BCUT2D eigenvalue weighted by Crippen LogP contribution is -2.50. The van der Waals surface area contributed by atoms with Crippen molar-refractivity contribution in [3.63, 3.8) is 0 Å². The Morgan fingerprint density at radius 1 is 1.35 bits per heavy atom. The van der Waals surface area contributed by atoms with E-state index < -0.39 is 6.10 Å². The largest absolute Gasteiger partial charge is 0.390 e. The lowest BCUT2D eigenvalue weighted by molar-refractivity contribution is -0.101. The number of rotatable bonds is 3. The molecule has 1 aromatic rings. The maximum Gasteiger partial charge on any atom is 0.0964 e. The van der Waals surface area contributed by atoms with Gasteiger partial charge in [0.25, 0.3) is 0 Å². The van der Waals surface area contributed by atoms with Crippen LogP contribution >= 0.6 is 23.2 Å². The van der Waals surface area contributed by atoms with E-state index in [4.69, 9.17) is 27.9 Å². The van der Waals surface area contributed by atoms with E-state index >= 15 is 0 Å². The van der Waals surface area contributed by atoms with E-state index in [-0.39, 0.29) is 6.10 Å². The fraction of sp³-hybridized carbons (Fsp3) is 0.600. The molecular formula is C15H19Cl2NO2. The Morgan fingerprint density at radius 2 is 2.20 bits per heavy atom. The van der Waals surface area contributed by atoms with Gasteiger partial charge in [0.15, 0.2) is 0 Å². The molecule has 2 heterocycles. The van der Waals surface area contributed by atoms with E-state index in [1.165, 1.54) is 12.8 Å². The predicted octanol–water partition coefficient (Wildman–Crippen LogP) is 2.76. The lowest BCUT2D eigenvalue weighted by atomic mass is 10.0. The van der Waals surface area contributed by atoms with Crippen LogP contribution < -0.4 is 0 Å². The molecule has 3 atom stereocenters. The Hall–Kier alpha value is -0.320. The standard InChI is InChI=1S/C15H19Cl2NO2/c16-12-4-3-10(6-13(12)17)7-14(19)15-8-18-5-1-2-11(18)9-20-15/h3-4,6,11,14-15,19H,1-2,5,7-9H2. The van der Waals surface area contributed by atoms with Crippen LogP contribution in [0.15, 0.2) is 18.2 Å². The molecule has 2 aliphatic rings. The Balaban J connectivity index is 1.61. The highest BCUT2D eigenvalue weighted by molar-refractivity contribution is 6.42. The van der Waals surface area contributed by atoms with E-state index in [0.717, 1.165) is 25.3 Å². The van der Waals surface area contributed by atoms with Crippen molar-refractivity contribution in [2.24, 2.45) is 0 Å². The SMILES string of the molecule is OC(Cc1ccc(Cl)c(Cl)c1)C1CN2CCCC2CO1. The van der Waals surface area contributed by atoms with E-state index in [1.54, 1.807) is 6.07 Å². The van der Waals surface area contributed by atoms with Crippen LogP contribution in [0.2, 0.25) is 10.0 Å². The van der Waals surface area contributed by atoms with Crippen LogP contribution in [0, 0.1) is 0 Å². The molecule has 0 saturated carbocycles. The molecule has 2 fully saturated rings. The van der Waals surface area contributed by atoms with Crippen molar-refractivity contribution in [3.8, 4) is 0 Å². The maximum absolute atomic E-state index is 10.4. The Bertz CT molecular complexity index is 483. The van der Waals surface area contributed by atoms with Crippen LogP contribution in [0.25, 0.3) is 0 Å². The predicted molar refractivity (Wildman–Crippen MR) is 80.5 cm³/mol. The molecule has 1 N–H and O–H groups in total. The molecule has 0 aromatic heterocycles. The van der Waals surface area contributed by atoms with Crippen LogP contribution in [0.3, 0.4) is 0 Å². The van der Waals surface area contributed by atoms with E-state index in [2.05, 4.69) is 4.90 Å². The molecule has 20 heavy (non-hydrogen) atoms. The fourth-order valence-electron chi connectivity index (χ4n) is 3.12. The fourth-order valence-corrected chi connectivity index (χ4v) is 3.44. The highest BCUT2D eigenvalue weighted by Gasteiger charge is 2.35. The molecule has 2 saturated heterocycles. The summed E-state index contributed by atoms with van der Waals surface area (Å²) in [5, 5.41) is 11.4. The summed E-state index contributed by atoms with van der Waals surface area (Å²) >= 11 is 11.9. The van der Waals surface area contributed by atoms with Gasteiger partial charge in [-0.3, -0.25) is 4.90 Å². The zero-order valence-electron chi connectivity index (χ0n) is 11.3. The third kappa shape index (κ3) is 3.12. The number of halogens is 2. The molecule has 0 aliphatic carbocycles. The number of aliphatic hydroxyl groups excluding tert-OH is 1. The first-order valence-corrected chi connectivity index (χ1v) is 7.87. The van der Waals surface area contributed by atoms with E-state index in [1.807, 2.05) is 12.1 Å². The summed E-state index contributed by atoms with van der Waals surface area (Å²) in [4.78, 5) is 2.44. The highest BCUT2D eigenvalue weighted by Crippen LogP contribution is 2.26. The first kappa shape index (κ1) is 14.6. The summed E-state index contributed by atoms with van der Waals surface area (Å²) in [6.07, 6.45) is 2.38. The molecule has 3 unspecified atom stereocenters. The second-order valence-electron chi connectivity index (χ2n) is 5.68. The van der Waals surface area contributed by atoms with Crippen LogP contribution in [-0.4, -0.2) is 48.0 Å². The van der Waals surface area contributed by atoms with Gasteiger partial charge in [0, 0.05) is 19.0 Å². The Kier molecular flexibility index (Phi) is 4.53. The average molecular weight is 316 g/mol. The van der Waals surface area contributed by atoms with E-state index in [0.29, 0.717) is 22.5 Å². The van der Waals surface area contributed by atoms with Gasteiger partial charge in [-0.2, -0.15) is 0 Å². The number of nitrogens with zero attached hydrogens (tertiary/aromatic N) is 1. The molecular weight excluding hydrogens is 297 g/mol. The summed E-state index contributed by atoms with van der Waals surface area (Å²) in [5.74, 6) is 0. The summed E-state index contributed by atoms with van der Waals surface area (Å²) in [5.41, 5.74) is 0.985. The molecule has 3 nitrogen and oxygen atoms in total. The van der Waals surface area contributed by atoms with Crippen molar-refractivity contribution in [3.05, 3.63) is 33.8 Å². The van der Waals surface area contributed by atoms with Crippen molar-refractivity contribution in [1.82, 2.24) is 4.90 Å². The molecule has 3 rings (SSSR count). The Labute approximate surface area is 129 Å². The first-order valence-electron chi connectivity index (χ1n) is 7.11. The van der Waals surface area contributed by atoms with Crippen LogP contribution in [-0.2, 0) is 11.2 Å². The molecule has 2 aliphatic heterocycles. The summed E-state index contributed by atoms with van der Waals surface area (Å²) in [6, 6.07) is 6.04. The number of morpholine rings is 1. The number of benzene rings is 1. The molecule has 0 bridgehead atoms. The number of hydrogen-bond acceptors (Lipinski definition) is 3. The third-order valence-corrected chi connectivity index (χ3v) is 5.01. The smallest absolute Gasteiger partial charge is 0.0964 e. The van der Waals surface area contributed by atoms with Crippen molar-refractivity contribution < 1.29 is 9.84 Å². The third-order valence-electron chi connectivity index (χ3n) is 4.27. The maximum atomic E-state index is 10.4. The van der Waals surface area contributed by atoms with Gasteiger partial charge >= 0.3 is 0 Å². The molecule has 5 heteroatoms. The van der Waals surface area contributed by atoms with Gasteiger partial charge < -0.3 is 9.84 Å². The van der Waals surface area contributed by atoms with Gasteiger partial charge in [0.2, 0.25) is 0 Å². The summed E-state index contributed by atoms with van der Waals surface area (Å²) in [6.45, 7) is 2.69. The second-order valence-corrected chi connectivity index (χ2v) is 6.50. The summed E-state index contributed by atoms with van der Waals surface area (Å²) in [7, 11) is 0. The molecule has 1 aromatic carbocycles. The average Bonchev–Trinajstić information content (AvgIpc) is 2.90. The topological polar surface area (TPSA) is 32.7 Å². The van der Waals surface area contributed by atoms with Crippen LogP contribution in [0.1, 0.15) is 18.4 Å². The van der Waals surface area contributed by atoms with Crippen LogP contribution in [0.4, 0.5) is 0 Å². The van der Waals surface area contributed by atoms with Gasteiger partial charge in [0.1, 0.15) is 0 Å². The van der Waals surface area contributed by atoms with Crippen LogP contribution in [0.5, 0.6) is 0 Å².